The van der Waals surface area contributed by atoms with E-state index in [0.717, 1.165) is 27.4 Å². The maximum Gasteiger partial charge on any atom is 0.268 e. The number of fused-ring (bicyclic) bond motifs is 1. The number of nitrogens with one attached hydrogen (secondary N) is 2. The van der Waals surface area contributed by atoms with Crippen LogP contribution >= 0.6 is 11.3 Å². The first-order chi connectivity index (χ1) is 11.6. The lowest BCUT2D eigenvalue weighted by molar-refractivity contribution is 0.0854. The van der Waals surface area contributed by atoms with Gasteiger partial charge in [-0.1, -0.05) is 24.3 Å². The number of hydrogen-bond acceptors (Lipinski definition) is 4. The van der Waals surface area contributed by atoms with Crippen LogP contribution < -0.4 is 5.32 Å². The average Bonchev–Trinajstić information content (AvgIpc) is 3.27. The lowest BCUT2D eigenvalue weighted by Gasteiger charge is -2.17. The number of aryl methyl sites for hydroxylation is 1. The van der Waals surface area contributed by atoms with Gasteiger partial charge in [-0.25, -0.2) is 4.98 Å². The number of aromatic nitrogens is 2. The molecular weight excluding hydrogens is 322 g/mol. The predicted molar refractivity (Wildman–Crippen MR) is 93.0 cm³/mol. The van der Waals surface area contributed by atoms with Gasteiger partial charge in [0.15, 0.2) is 0 Å². The molecule has 0 aliphatic heterocycles. The van der Waals surface area contributed by atoms with Gasteiger partial charge in [0.1, 0.15) is 5.69 Å². The fourth-order valence-corrected chi connectivity index (χ4v) is 3.76. The fraction of sp³-hybridized carbons (Fsp3) is 0.222. The molecule has 0 saturated heterocycles. The van der Waals surface area contributed by atoms with Gasteiger partial charge in [0.05, 0.1) is 22.8 Å². The molecule has 0 fully saturated rings. The van der Waals surface area contributed by atoms with Crippen molar-refractivity contribution in [2.45, 2.75) is 25.5 Å². The Morgan fingerprint density at radius 2 is 2.25 bits per heavy atom. The van der Waals surface area contributed by atoms with Crippen molar-refractivity contribution in [3.05, 3.63) is 63.7 Å². The van der Waals surface area contributed by atoms with Crippen molar-refractivity contribution in [2.75, 3.05) is 0 Å². The summed E-state index contributed by atoms with van der Waals surface area (Å²) in [5.41, 5.74) is 4.28. The Labute approximate surface area is 143 Å². The number of aliphatic hydroxyl groups is 1. The summed E-state index contributed by atoms with van der Waals surface area (Å²) in [6, 6.07) is 9.23. The molecule has 1 aromatic carbocycles. The first-order valence-electron chi connectivity index (χ1n) is 7.79. The summed E-state index contributed by atoms with van der Waals surface area (Å²) in [5, 5.41) is 16.1. The van der Waals surface area contributed by atoms with Gasteiger partial charge in [-0.15, -0.1) is 11.3 Å². The summed E-state index contributed by atoms with van der Waals surface area (Å²) in [6.07, 6.45) is 1.75. The van der Waals surface area contributed by atoms with Crippen LogP contribution in [0.15, 0.2) is 41.9 Å². The van der Waals surface area contributed by atoms with Crippen molar-refractivity contribution in [2.24, 2.45) is 0 Å². The number of aliphatic hydroxyl groups excluding tert-OH is 1. The third-order valence-electron chi connectivity index (χ3n) is 4.33. The Morgan fingerprint density at radius 1 is 1.42 bits per heavy atom. The third-order valence-corrected chi connectivity index (χ3v) is 5.11. The van der Waals surface area contributed by atoms with E-state index in [1.54, 1.807) is 23.6 Å². The number of carbonyl (C=O) groups is 1. The highest BCUT2D eigenvalue weighted by atomic mass is 32.1. The third kappa shape index (κ3) is 2.64. The van der Waals surface area contributed by atoms with Gasteiger partial charge in [-0.2, -0.15) is 0 Å². The molecule has 6 heteroatoms. The van der Waals surface area contributed by atoms with E-state index in [4.69, 9.17) is 0 Å². The topological polar surface area (TPSA) is 78.0 Å². The molecular formula is C18H17N3O2S. The zero-order valence-corrected chi connectivity index (χ0v) is 13.9. The van der Waals surface area contributed by atoms with Crippen molar-refractivity contribution in [1.29, 1.82) is 0 Å². The number of aromatic amines is 1. The number of amides is 1. The van der Waals surface area contributed by atoms with E-state index in [1.807, 2.05) is 36.6 Å². The number of carbonyl (C=O) groups excluding carboxylic acids is 1. The van der Waals surface area contributed by atoms with Crippen molar-refractivity contribution < 1.29 is 9.90 Å². The lowest BCUT2D eigenvalue weighted by atomic mass is 10.1. The van der Waals surface area contributed by atoms with E-state index < -0.39 is 6.10 Å². The second-order valence-electron chi connectivity index (χ2n) is 5.98. The van der Waals surface area contributed by atoms with E-state index in [0.29, 0.717) is 12.1 Å². The summed E-state index contributed by atoms with van der Waals surface area (Å²) in [7, 11) is 0. The molecule has 24 heavy (non-hydrogen) atoms. The van der Waals surface area contributed by atoms with Crippen molar-refractivity contribution in [3.8, 4) is 11.3 Å². The molecule has 2 heterocycles. The molecule has 3 N–H and O–H groups in total. The van der Waals surface area contributed by atoms with Gasteiger partial charge in [0, 0.05) is 23.6 Å². The van der Waals surface area contributed by atoms with E-state index in [2.05, 4.69) is 15.3 Å². The van der Waals surface area contributed by atoms with Crippen LogP contribution in [0.5, 0.6) is 0 Å². The summed E-state index contributed by atoms with van der Waals surface area (Å²) in [6.45, 7) is 1.95. The van der Waals surface area contributed by atoms with Crippen LogP contribution in [0.1, 0.15) is 32.7 Å². The highest BCUT2D eigenvalue weighted by Gasteiger charge is 2.32. The van der Waals surface area contributed by atoms with Crippen LogP contribution in [-0.2, 0) is 6.42 Å². The van der Waals surface area contributed by atoms with E-state index >= 15 is 0 Å². The largest absolute Gasteiger partial charge is 0.390 e. The second kappa shape index (κ2) is 5.89. The number of nitrogens with zero attached hydrogens (tertiary/aromatic N) is 1. The minimum absolute atomic E-state index is 0.228. The summed E-state index contributed by atoms with van der Waals surface area (Å²) >= 11 is 1.58. The molecule has 0 saturated carbocycles. The molecule has 1 amide bonds. The molecule has 3 aromatic rings. The first-order valence-corrected chi connectivity index (χ1v) is 8.67. The number of rotatable bonds is 3. The highest BCUT2D eigenvalue weighted by molar-refractivity contribution is 7.09. The van der Waals surface area contributed by atoms with Crippen LogP contribution in [0.2, 0.25) is 0 Å². The van der Waals surface area contributed by atoms with Gasteiger partial charge in [-0.3, -0.25) is 4.79 Å². The predicted octanol–water partition coefficient (Wildman–Crippen LogP) is 2.83. The normalized spacial score (nSPS) is 19.2. The molecule has 1 aliphatic rings. The van der Waals surface area contributed by atoms with Crippen LogP contribution in [-0.4, -0.2) is 27.1 Å². The van der Waals surface area contributed by atoms with Gasteiger partial charge < -0.3 is 15.4 Å². The Kier molecular flexibility index (Phi) is 3.70. The molecule has 2 atom stereocenters. The van der Waals surface area contributed by atoms with E-state index in [1.165, 1.54) is 0 Å². The molecule has 1 aliphatic carbocycles. The zero-order valence-electron chi connectivity index (χ0n) is 13.1. The van der Waals surface area contributed by atoms with Gasteiger partial charge in [-0.05, 0) is 24.1 Å². The smallest absolute Gasteiger partial charge is 0.268 e. The SMILES string of the molecule is Cc1nc(-c2c[nH]c(C(=O)N[C@@H]3c4ccccc4C[C@@H]3O)c2)cs1. The average molecular weight is 339 g/mol. The number of H-pyrrole nitrogens is 1. The molecule has 4 rings (SSSR count). The molecule has 5 nitrogen and oxygen atoms in total. The monoisotopic (exact) mass is 339 g/mol. The molecule has 0 bridgehead atoms. The van der Waals surface area contributed by atoms with Gasteiger partial charge in [0.25, 0.3) is 5.91 Å². The quantitative estimate of drug-likeness (QED) is 0.687. The summed E-state index contributed by atoms with van der Waals surface area (Å²) in [5.74, 6) is -0.228. The number of hydrogen-bond donors (Lipinski definition) is 3. The number of benzene rings is 1. The van der Waals surface area contributed by atoms with Crippen molar-refractivity contribution in [3.63, 3.8) is 0 Å². The first kappa shape index (κ1) is 15.1. The molecule has 122 valence electrons. The summed E-state index contributed by atoms with van der Waals surface area (Å²) in [4.78, 5) is 20.0. The Hall–Kier alpha value is -2.44. The van der Waals surface area contributed by atoms with E-state index in [9.17, 15) is 9.90 Å². The Bertz CT molecular complexity index is 899. The van der Waals surface area contributed by atoms with Crippen molar-refractivity contribution in [1.82, 2.24) is 15.3 Å². The zero-order chi connectivity index (χ0) is 16.7. The molecule has 0 radical (unpaired) electrons. The minimum atomic E-state index is -0.595. The fourth-order valence-electron chi connectivity index (χ4n) is 3.14. The number of thiazole rings is 1. The minimum Gasteiger partial charge on any atom is -0.390 e. The summed E-state index contributed by atoms with van der Waals surface area (Å²) < 4.78 is 0. The molecule has 0 spiro atoms. The highest BCUT2D eigenvalue weighted by Crippen LogP contribution is 2.31. The van der Waals surface area contributed by atoms with Gasteiger partial charge >= 0.3 is 0 Å². The standard InChI is InChI=1S/C18H17N3O2S/c1-10-20-15(9-24-10)12-6-14(19-8-12)18(23)21-17-13-5-3-2-4-11(13)7-16(17)22/h2-6,8-9,16-17,19,22H,7H2,1H3,(H,21,23)/t16-,17+/m0/s1. The maximum atomic E-state index is 12.5. The van der Waals surface area contributed by atoms with Gasteiger partial charge in [0.2, 0.25) is 0 Å². The van der Waals surface area contributed by atoms with Crippen LogP contribution in [0.4, 0.5) is 0 Å². The van der Waals surface area contributed by atoms with E-state index in [-0.39, 0.29) is 11.9 Å². The molecule has 2 aromatic heterocycles. The Morgan fingerprint density at radius 3 is 3.04 bits per heavy atom. The van der Waals surface area contributed by atoms with Crippen molar-refractivity contribution >= 4 is 17.2 Å². The second-order valence-corrected chi connectivity index (χ2v) is 7.04. The van der Waals surface area contributed by atoms with Crippen LogP contribution in [0, 0.1) is 6.92 Å². The lowest BCUT2D eigenvalue weighted by Crippen LogP contribution is -2.34. The van der Waals surface area contributed by atoms with Crippen LogP contribution in [0.3, 0.4) is 0 Å². The molecule has 0 unspecified atom stereocenters. The maximum absolute atomic E-state index is 12.5. The van der Waals surface area contributed by atoms with Crippen LogP contribution in [0.25, 0.3) is 11.3 Å². The Balaban J connectivity index is 1.54.